The van der Waals surface area contributed by atoms with Crippen LogP contribution in [0.2, 0.25) is 0 Å². The van der Waals surface area contributed by atoms with E-state index in [9.17, 15) is 22.2 Å². The zero-order valence-electron chi connectivity index (χ0n) is 8.88. The van der Waals surface area contributed by atoms with E-state index in [0.717, 1.165) is 4.90 Å². The Morgan fingerprint density at radius 3 is 2.72 bits per heavy atom. The molecule has 1 amide bonds. The quantitative estimate of drug-likeness (QED) is 0.811. The third kappa shape index (κ3) is 2.46. The van der Waals surface area contributed by atoms with E-state index < -0.39 is 27.8 Å². The van der Waals surface area contributed by atoms with E-state index in [2.05, 4.69) is 20.9 Å². The Kier molecular flexibility index (Phi) is 3.28. The number of carbonyl (C=O) groups excluding carboxylic acids is 1. The molecule has 0 bridgehead atoms. The van der Waals surface area contributed by atoms with Crippen LogP contribution in [0.3, 0.4) is 0 Å². The van der Waals surface area contributed by atoms with E-state index in [-0.39, 0.29) is 18.1 Å². The SMILES string of the molecule is O=C1CC(S(=O)(=O)F)CN1c1ncc(Br)cc1O. The zero-order valence-corrected chi connectivity index (χ0v) is 11.3. The lowest BCUT2D eigenvalue weighted by Crippen LogP contribution is -2.27. The smallest absolute Gasteiger partial charge is 0.307 e. The molecule has 1 aromatic heterocycles. The molecule has 2 rings (SSSR count). The number of carbonyl (C=O) groups is 1. The molecule has 1 aliphatic heterocycles. The minimum absolute atomic E-state index is 0.0747. The molecule has 2 heterocycles. The Labute approximate surface area is 111 Å². The number of aromatic nitrogens is 1. The van der Waals surface area contributed by atoms with Crippen LogP contribution in [0.1, 0.15) is 6.42 Å². The first kappa shape index (κ1) is 13.2. The number of rotatable bonds is 2. The van der Waals surface area contributed by atoms with Gasteiger partial charge in [0.15, 0.2) is 11.6 Å². The summed E-state index contributed by atoms with van der Waals surface area (Å²) in [6, 6.07) is 1.31. The lowest BCUT2D eigenvalue weighted by Gasteiger charge is -2.15. The Morgan fingerprint density at radius 2 is 2.22 bits per heavy atom. The first-order valence-corrected chi connectivity index (χ1v) is 7.11. The summed E-state index contributed by atoms with van der Waals surface area (Å²) in [6.45, 7) is -0.347. The predicted octanol–water partition coefficient (Wildman–Crippen LogP) is 0.954. The second-order valence-corrected chi connectivity index (χ2v) is 6.34. The maximum absolute atomic E-state index is 12.8. The number of hydrogen-bond donors (Lipinski definition) is 1. The lowest BCUT2D eigenvalue weighted by atomic mass is 10.4. The van der Waals surface area contributed by atoms with Crippen molar-refractivity contribution < 1.29 is 22.2 Å². The van der Waals surface area contributed by atoms with E-state index in [1.54, 1.807) is 0 Å². The normalized spacial score (nSPS) is 20.4. The van der Waals surface area contributed by atoms with Crippen LogP contribution in [-0.2, 0) is 15.0 Å². The fourth-order valence-corrected chi connectivity index (χ4v) is 2.69. The molecule has 0 spiro atoms. The molecule has 0 saturated carbocycles. The van der Waals surface area contributed by atoms with Crippen molar-refractivity contribution in [3.63, 3.8) is 0 Å². The van der Waals surface area contributed by atoms with E-state index >= 15 is 0 Å². The van der Waals surface area contributed by atoms with Crippen molar-refractivity contribution in [2.24, 2.45) is 0 Å². The summed E-state index contributed by atoms with van der Waals surface area (Å²) in [5, 5.41) is 8.22. The maximum Gasteiger partial charge on any atom is 0.307 e. The number of halogens is 2. The fraction of sp³-hybridized carbons (Fsp3) is 0.333. The van der Waals surface area contributed by atoms with Gasteiger partial charge in [0.2, 0.25) is 5.91 Å². The standard InChI is InChI=1S/C9H8BrFN2O4S/c10-5-1-7(14)9(12-3-5)13-4-6(2-8(13)15)18(11,16)17/h1,3,6,14H,2,4H2. The largest absolute Gasteiger partial charge is 0.504 e. The van der Waals surface area contributed by atoms with Crippen molar-refractivity contribution in [2.75, 3.05) is 11.4 Å². The minimum Gasteiger partial charge on any atom is -0.504 e. The monoisotopic (exact) mass is 338 g/mol. The highest BCUT2D eigenvalue weighted by atomic mass is 79.9. The molecule has 9 heteroatoms. The van der Waals surface area contributed by atoms with Gasteiger partial charge < -0.3 is 5.11 Å². The van der Waals surface area contributed by atoms with Crippen LogP contribution in [0.25, 0.3) is 0 Å². The van der Waals surface area contributed by atoms with Gasteiger partial charge in [0.25, 0.3) is 0 Å². The lowest BCUT2D eigenvalue weighted by molar-refractivity contribution is -0.117. The Hall–Kier alpha value is -1.22. The molecule has 1 aliphatic rings. The van der Waals surface area contributed by atoms with Crippen LogP contribution in [0.4, 0.5) is 9.70 Å². The molecule has 0 aliphatic carbocycles. The van der Waals surface area contributed by atoms with Crippen LogP contribution in [0, 0.1) is 0 Å². The van der Waals surface area contributed by atoms with Crippen molar-refractivity contribution in [1.82, 2.24) is 4.98 Å². The summed E-state index contributed by atoms with van der Waals surface area (Å²) in [7, 11) is -4.78. The highest BCUT2D eigenvalue weighted by Crippen LogP contribution is 2.32. The maximum atomic E-state index is 12.8. The molecule has 6 nitrogen and oxygen atoms in total. The average molecular weight is 339 g/mol. The van der Waals surface area contributed by atoms with Crippen molar-refractivity contribution in [1.29, 1.82) is 0 Å². The third-order valence-electron chi connectivity index (χ3n) is 2.56. The van der Waals surface area contributed by atoms with Crippen LogP contribution in [0.15, 0.2) is 16.7 Å². The topological polar surface area (TPSA) is 87.6 Å². The predicted molar refractivity (Wildman–Crippen MR) is 64.4 cm³/mol. The molecule has 1 N–H and O–H groups in total. The molecule has 1 aromatic rings. The number of hydrogen-bond acceptors (Lipinski definition) is 5. The van der Waals surface area contributed by atoms with E-state index in [1.165, 1.54) is 12.3 Å². The van der Waals surface area contributed by atoms with Crippen LogP contribution in [-0.4, -0.2) is 36.2 Å². The summed E-state index contributed by atoms with van der Waals surface area (Å²) in [5.41, 5.74) is 0. The number of nitrogens with zero attached hydrogens (tertiary/aromatic N) is 2. The number of pyridine rings is 1. The summed E-state index contributed by atoms with van der Waals surface area (Å²) in [4.78, 5) is 16.4. The number of amides is 1. The molecule has 0 aromatic carbocycles. The van der Waals surface area contributed by atoms with Gasteiger partial charge in [-0.25, -0.2) is 4.98 Å². The molecule has 1 atom stereocenters. The number of aromatic hydroxyl groups is 1. The van der Waals surface area contributed by atoms with Gasteiger partial charge in [0.05, 0.1) is 0 Å². The van der Waals surface area contributed by atoms with Gasteiger partial charge in [-0.05, 0) is 22.0 Å². The molecule has 0 radical (unpaired) electrons. The fourth-order valence-electron chi connectivity index (χ4n) is 1.70. The summed E-state index contributed by atoms with van der Waals surface area (Å²) in [5.74, 6) is -0.949. The molecule has 18 heavy (non-hydrogen) atoms. The second-order valence-electron chi connectivity index (χ2n) is 3.80. The van der Waals surface area contributed by atoms with Gasteiger partial charge >= 0.3 is 10.2 Å². The molecule has 1 unspecified atom stereocenters. The molecule has 1 fully saturated rings. The van der Waals surface area contributed by atoms with Crippen LogP contribution in [0.5, 0.6) is 5.75 Å². The Balaban J connectivity index is 2.33. The van der Waals surface area contributed by atoms with Crippen LogP contribution >= 0.6 is 15.9 Å². The van der Waals surface area contributed by atoms with Gasteiger partial charge in [-0.3, -0.25) is 9.69 Å². The van der Waals surface area contributed by atoms with Gasteiger partial charge in [-0.1, -0.05) is 0 Å². The van der Waals surface area contributed by atoms with Crippen molar-refractivity contribution in [3.8, 4) is 5.75 Å². The highest BCUT2D eigenvalue weighted by Gasteiger charge is 2.40. The summed E-state index contributed by atoms with van der Waals surface area (Å²) >= 11 is 3.08. The third-order valence-corrected chi connectivity index (χ3v) is 4.10. The second kappa shape index (κ2) is 4.47. The Morgan fingerprint density at radius 1 is 1.56 bits per heavy atom. The molecular formula is C9H8BrFN2O4S. The van der Waals surface area contributed by atoms with E-state index in [4.69, 9.17) is 0 Å². The minimum atomic E-state index is -4.78. The molecule has 1 saturated heterocycles. The molecular weight excluding hydrogens is 331 g/mol. The van der Waals surface area contributed by atoms with Crippen molar-refractivity contribution in [2.45, 2.75) is 11.7 Å². The van der Waals surface area contributed by atoms with Crippen molar-refractivity contribution >= 4 is 37.9 Å². The van der Waals surface area contributed by atoms with E-state index in [0.29, 0.717) is 4.47 Å². The van der Waals surface area contributed by atoms with Crippen molar-refractivity contribution in [3.05, 3.63) is 16.7 Å². The van der Waals surface area contributed by atoms with Gasteiger partial charge in [-0.2, -0.15) is 8.42 Å². The summed E-state index contributed by atoms with van der Waals surface area (Å²) in [6.07, 6.45) is 0.898. The van der Waals surface area contributed by atoms with Gasteiger partial charge in [-0.15, -0.1) is 3.89 Å². The molecule has 98 valence electrons. The number of anilines is 1. The van der Waals surface area contributed by atoms with Crippen LogP contribution < -0.4 is 4.90 Å². The zero-order chi connectivity index (χ0) is 13.5. The highest BCUT2D eigenvalue weighted by molar-refractivity contribution is 9.10. The first-order chi connectivity index (χ1) is 8.29. The summed E-state index contributed by atoms with van der Waals surface area (Å²) < 4.78 is 34.8. The van der Waals surface area contributed by atoms with Gasteiger partial charge in [0, 0.05) is 23.6 Å². The Bertz CT molecular complexity index is 607. The van der Waals surface area contributed by atoms with Gasteiger partial charge in [0.1, 0.15) is 5.25 Å². The van der Waals surface area contributed by atoms with E-state index in [1.807, 2.05) is 0 Å². The average Bonchev–Trinajstić information content (AvgIpc) is 2.60. The first-order valence-electron chi connectivity index (χ1n) is 4.87.